The topological polar surface area (TPSA) is 21.3 Å². The van der Waals surface area contributed by atoms with Crippen LogP contribution in [0.15, 0.2) is 18.2 Å². The predicted octanol–water partition coefficient (Wildman–Crippen LogP) is 3.53. The van der Waals surface area contributed by atoms with Crippen LogP contribution in [0.4, 0.5) is 13.2 Å². The second-order valence-corrected chi connectivity index (χ2v) is 4.04. The second-order valence-electron chi connectivity index (χ2n) is 4.04. The summed E-state index contributed by atoms with van der Waals surface area (Å²) in [6.07, 6.45) is -1.68. The zero-order valence-corrected chi connectivity index (χ0v) is 10.6. The highest BCUT2D eigenvalue weighted by atomic mass is 19.3. The molecule has 0 heterocycles. The molecule has 102 valence electrons. The minimum Gasteiger partial charge on any atom is -0.484 e. The van der Waals surface area contributed by atoms with E-state index in [9.17, 15) is 13.2 Å². The third-order valence-electron chi connectivity index (χ3n) is 2.52. The molecule has 2 nitrogen and oxygen atoms in total. The van der Waals surface area contributed by atoms with E-state index in [2.05, 4.69) is 5.32 Å². The molecule has 0 radical (unpaired) electrons. The van der Waals surface area contributed by atoms with E-state index in [1.54, 1.807) is 12.1 Å². The molecule has 0 aliphatic carbocycles. The van der Waals surface area contributed by atoms with E-state index in [1.165, 1.54) is 6.07 Å². The van der Waals surface area contributed by atoms with Gasteiger partial charge in [-0.25, -0.2) is 13.2 Å². The molecule has 0 saturated carbocycles. The fourth-order valence-corrected chi connectivity index (χ4v) is 1.64. The van der Waals surface area contributed by atoms with Crippen LogP contribution in [-0.2, 0) is 0 Å². The summed E-state index contributed by atoms with van der Waals surface area (Å²) in [6.45, 7) is 3.83. The minimum atomic E-state index is -2.61. The third kappa shape index (κ3) is 4.22. The van der Waals surface area contributed by atoms with Gasteiger partial charge in [0.25, 0.3) is 6.43 Å². The van der Waals surface area contributed by atoms with Gasteiger partial charge < -0.3 is 10.1 Å². The largest absolute Gasteiger partial charge is 0.484 e. The molecule has 0 amide bonds. The molecule has 0 aliphatic rings. The number of rotatable bonds is 7. The summed E-state index contributed by atoms with van der Waals surface area (Å²) in [4.78, 5) is 0. The van der Waals surface area contributed by atoms with E-state index in [1.807, 2.05) is 13.8 Å². The van der Waals surface area contributed by atoms with Crippen LogP contribution in [0.3, 0.4) is 0 Å². The summed E-state index contributed by atoms with van der Waals surface area (Å²) in [7, 11) is 0. The number of benzene rings is 1. The van der Waals surface area contributed by atoms with Gasteiger partial charge in [-0.1, -0.05) is 19.1 Å². The lowest BCUT2D eigenvalue weighted by molar-refractivity contribution is 0.0791. The molecular weight excluding hydrogens is 243 g/mol. The van der Waals surface area contributed by atoms with Crippen LogP contribution in [0.2, 0.25) is 0 Å². The Balaban J connectivity index is 2.85. The van der Waals surface area contributed by atoms with Crippen molar-refractivity contribution >= 4 is 0 Å². The Kier molecular flexibility index (Phi) is 5.98. The van der Waals surface area contributed by atoms with Gasteiger partial charge >= 0.3 is 0 Å². The molecule has 0 aliphatic heterocycles. The molecule has 1 atom stereocenters. The Bertz CT molecular complexity index is 371. The van der Waals surface area contributed by atoms with Crippen LogP contribution in [0, 0.1) is 5.82 Å². The Labute approximate surface area is 105 Å². The van der Waals surface area contributed by atoms with Gasteiger partial charge in [0.1, 0.15) is 6.61 Å². The molecule has 1 aromatic rings. The van der Waals surface area contributed by atoms with Crippen molar-refractivity contribution in [2.45, 2.75) is 32.7 Å². The fraction of sp³-hybridized carbons (Fsp3) is 0.538. The molecule has 0 saturated heterocycles. The molecule has 1 N–H and O–H groups in total. The lowest BCUT2D eigenvalue weighted by Crippen LogP contribution is -2.21. The van der Waals surface area contributed by atoms with Gasteiger partial charge in [0.05, 0.1) is 0 Å². The maximum Gasteiger partial charge on any atom is 0.272 e. The van der Waals surface area contributed by atoms with Crippen molar-refractivity contribution in [3.63, 3.8) is 0 Å². The molecule has 0 fully saturated rings. The Morgan fingerprint density at radius 3 is 2.67 bits per heavy atom. The van der Waals surface area contributed by atoms with E-state index >= 15 is 0 Å². The zero-order valence-electron chi connectivity index (χ0n) is 10.6. The zero-order chi connectivity index (χ0) is 13.5. The number of para-hydroxylation sites is 1. The van der Waals surface area contributed by atoms with E-state index in [0.29, 0.717) is 5.56 Å². The summed E-state index contributed by atoms with van der Waals surface area (Å²) in [5.41, 5.74) is 0.559. The van der Waals surface area contributed by atoms with Crippen LogP contribution >= 0.6 is 0 Å². The van der Waals surface area contributed by atoms with Gasteiger partial charge in [-0.05, 0) is 26.0 Å². The molecular formula is C13H18F3NO. The second kappa shape index (κ2) is 7.26. The van der Waals surface area contributed by atoms with Crippen LogP contribution in [0.1, 0.15) is 31.9 Å². The third-order valence-corrected chi connectivity index (χ3v) is 2.52. The number of alkyl halides is 2. The van der Waals surface area contributed by atoms with Crippen LogP contribution in [0.5, 0.6) is 5.75 Å². The van der Waals surface area contributed by atoms with Crippen molar-refractivity contribution in [2.24, 2.45) is 0 Å². The lowest BCUT2D eigenvalue weighted by Gasteiger charge is -2.18. The van der Waals surface area contributed by atoms with E-state index in [0.717, 1.165) is 13.0 Å². The molecule has 1 unspecified atom stereocenters. The number of hydrogen-bond acceptors (Lipinski definition) is 2. The van der Waals surface area contributed by atoms with Gasteiger partial charge in [-0.2, -0.15) is 0 Å². The first-order valence-electron chi connectivity index (χ1n) is 5.99. The summed E-state index contributed by atoms with van der Waals surface area (Å²) < 4.78 is 42.7. The van der Waals surface area contributed by atoms with Crippen molar-refractivity contribution in [3.05, 3.63) is 29.6 Å². The van der Waals surface area contributed by atoms with Crippen molar-refractivity contribution in [1.82, 2.24) is 5.32 Å². The maximum atomic E-state index is 13.6. The van der Waals surface area contributed by atoms with E-state index in [4.69, 9.17) is 4.74 Å². The molecule has 0 spiro atoms. The monoisotopic (exact) mass is 261 g/mol. The van der Waals surface area contributed by atoms with Gasteiger partial charge in [-0.15, -0.1) is 0 Å². The molecule has 5 heteroatoms. The number of ether oxygens (including phenoxy) is 1. The quantitative estimate of drug-likeness (QED) is 0.810. The van der Waals surface area contributed by atoms with Gasteiger partial charge in [-0.3, -0.25) is 0 Å². The van der Waals surface area contributed by atoms with E-state index < -0.39 is 18.8 Å². The average Bonchev–Trinajstić information content (AvgIpc) is 2.34. The summed E-state index contributed by atoms with van der Waals surface area (Å²) in [6, 6.07) is 4.28. The van der Waals surface area contributed by atoms with Crippen LogP contribution in [-0.4, -0.2) is 19.6 Å². The average molecular weight is 261 g/mol. The lowest BCUT2D eigenvalue weighted by atomic mass is 10.1. The predicted molar refractivity (Wildman–Crippen MR) is 64.6 cm³/mol. The summed E-state index contributed by atoms with van der Waals surface area (Å²) in [5, 5.41) is 3.17. The van der Waals surface area contributed by atoms with Gasteiger partial charge in [0, 0.05) is 11.6 Å². The fourth-order valence-electron chi connectivity index (χ4n) is 1.64. The van der Waals surface area contributed by atoms with Gasteiger partial charge in [0.15, 0.2) is 11.6 Å². The highest BCUT2D eigenvalue weighted by Crippen LogP contribution is 2.28. The standard InChI is InChI=1S/C13H18F3NO/c1-3-7-17-9(2)10-5-4-6-11(14)13(10)18-8-12(15)16/h4-6,9,12,17H,3,7-8H2,1-2H3. The molecule has 0 bridgehead atoms. The first kappa shape index (κ1) is 14.8. The van der Waals surface area contributed by atoms with Crippen LogP contribution < -0.4 is 10.1 Å². The Morgan fingerprint density at radius 2 is 2.06 bits per heavy atom. The number of hydrogen-bond donors (Lipinski definition) is 1. The molecule has 0 aromatic heterocycles. The van der Waals surface area contributed by atoms with Crippen molar-refractivity contribution in [1.29, 1.82) is 0 Å². The van der Waals surface area contributed by atoms with Gasteiger partial charge in [0.2, 0.25) is 0 Å². The summed E-state index contributed by atoms with van der Waals surface area (Å²) >= 11 is 0. The number of halogens is 3. The first-order valence-corrected chi connectivity index (χ1v) is 5.99. The van der Waals surface area contributed by atoms with Crippen molar-refractivity contribution in [3.8, 4) is 5.75 Å². The SMILES string of the molecule is CCCNC(C)c1cccc(F)c1OCC(F)F. The summed E-state index contributed by atoms with van der Waals surface area (Å²) in [5.74, 6) is -0.702. The van der Waals surface area contributed by atoms with Crippen molar-refractivity contribution < 1.29 is 17.9 Å². The molecule has 1 aromatic carbocycles. The Hall–Kier alpha value is -1.23. The van der Waals surface area contributed by atoms with Crippen LogP contribution in [0.25, 0.3) is 0 Å². The molecule has 18 heavy (non-hydrogen) atoms. The highest BCUT2D eigenvalue weighted by Gasteiger charge is 2.16. The van der Waals surface area contributed by atoms with Crippen molar-refractivity contribution in [2.75, 3.05) is 13.2 Å². The normalized spacial score (nSPS) is 12.8. The highest BCUT2D eigenvalue weighted by molar-refractivity contribution is 5.37. The minimum absolute atomic E-state index is 0.0890. The molecule has 1 rings (SSSR count). The smallest absolute Gasteiger partial charge is 0.272 e. The van der Waals surface area contributed by atoms with E-state index in [-0.39, 0.29) is 11.8 Å². The number of nitrogens with one attached hydrogen (secondary N) is 1. The first-order chi connectivity index (χ1) is 8.56. The maximum absolute atomic E-state index is 13.6. The Morgan fingerprint density at radius 1 is 1.33 bits per heavy atom.